The minimum atomic E-state index is -0.314. The summed E-state index contributed by atoms with van der Waals surface area (Å²) < 4.78 is 0. The predicted octanol–water partition coefficient (Wildman–Crippen LogP) is 2.15. The van der Waals surface area contributed by atoms with Crippen LogP contribution in [0.4, 0.5) is 0 Å². The molecule has 0 saturated heterocycles. The number of hydrogen-bond acceptors (Lipinski definition) is 3. The van der Waals surface area contributed by atoms with E-state index in [1.807, 2.05) is 37.3 Å². The van der Waals surface area contributed by atoms with E-state index in [1.54, 1.807) is 0 Å². The smallest absolute Gasteiger partial charge is 0.222 e. The van der Waals surface area contributed by atoms with E-state index >= 15 is 0 Å². The van der Waals surface area contributed by atoms with Crippen LogP contribution in [-0.2, 0) is 11.2 Å². The summed E-state index contributed by atoms with van der Waals surface area (Å²) in [5.74, 6) is -0.314. The largest absolute Gasteiger partial charge is 0.369 e. The Kier molecular flexibility index (Phi) is 3.01. The van der Waals surface area contributed by atoms with E-state index in [1.165, 1.54) is 11.3 Å². The predicted molar refractivity (Wildman–Crippen MR) is 65.2 cm³/mol. The van der Waals surface area contributed by atoms with Gasteiger partial charge in [-0.05, 0) is 6.92 Å². The summed E-state index contributed by atoms with van der Waals surface area (Å²) in [5, 5.41) is 0.939. The van der Waals surface area contributed by atoms with Crippen LogP contribution in [0.3, 0.4) is 0 Å². The molecule has 4 heteroatoms. The summed E-state index contributed by atoms with van der Waals surface area (Å²) in [5.41, 5.74) is 7.15. The van der Waals surface area contributed by atoms with Gasteiger partial charge in [-0.1, -0.05) is 30.3 Å². The van der Waals surface area contributed by atoms with Crippen molar-refractivity contribution in [3.63, 3.8) is 0 Å². The number of carbonyl (C=O) groups is 1. The van der Waals surface area contributed by atoms with Crippen LogP contribution in [-0.4, -0.2) is 10.9 Å². The number of thiazole rings is 1. The maximum absolute atomic E-state index is 10.9. The van der Waals surface area contributed by atoms with Gasteiger partial charge in [-0.15, -0.1) is 11.3 Å². The van der Waals surface area contributed by atoms with Crippen LogP contribution in [0.5, 0.6) is 0 Å². The second kappa shape index (κ2) is 4.45. The lowest BCUT2D eigenvalue weighted by molar-refractivity contribution is -0.117. The van der Waals surface area contributed by atoms with E-state index in [-0.39, 0.29) is 12.3 Å². The molecule has 1 aromatic heterocycles. The molecule has 82 valence electrons. The molecule has 0 fully saturated rings. The van der Waals surface area contributed by atoms with Gasteiger partial charge in [0.15, 0.2) is 0 Å². The van der Waals surface area contributed by atoms with Crippen LogP contribution in [0.1, 0.15) is 10.6 Å². The van der Waals surface area contributed by atoms with E-state index in [0.29, 0.717) is 0 Å². The molecule has 1 heterocycles. The quantitative estimate of drug-likeness (QED) is 0.881. The molecular weight excluding hydrogens is 220 g/mol. The molecule has 1 amide bonds. The molecule has 16 heavy (non-hydrogen) atoms. The summed E-state index contributed by atoms with van der Waals surface area (Å²) in [6.45, 7) is 1.90. The third-order valence-corrected chi connectivity index (χ3v) is 3.45. The Morgan fingerprint density at radius 3 is 2.69 bits per heavy atom. The van der Waals surface area contributed by atoms with Crippen LogP contribution in [0.15, 0.2) is 30.3 Å². The number of primary amides is 1. The van der Waals surface area contributed by atoms with Crippen molar-refractivity contribution in [1.82, 2.24) is 4.98 Å². The Bertz CT molecular complexity index is 505. The zero-order valence-corrected chi connectivity index (χ0v) is 9.75. The lowest BCUT2D eigenvalue weighted by atomic mass is 10.2. The van der Waals surface area contributed by atoms with Crippen molar-refractivity contribution in [3.8, 4) is 10.6 Å². The number of aromatic nitrogens is 1. The average molecular weight is 232 g/mol. The number of amides is 1. The van der Waals surface area contributed by atoms with E-state index in [9.17, 15) is 4.79 Å². The summed E-state index contributed by atoms with van der Waals surface area (Å²) in [6, 6.07) is 9.92. The number of carbonyl (C=O) groups excluding carboxylic acids is 1. The summed E-state index contributed by atoms with van der Waals surface area (Å²) >= 11 is 1.53. The lowest BCUT2D eigenvalue weighted by Gasteiger charge is -1.93. The highest BCUT2D eigenvalue weighted by Crippen LogP contribution is 2.27. The molecule has 2 N–H and O–H groups in total. The van der Waals surface area contributed by atoms with Crippen LogP contribution in [0.25, 0.3) is 10.6 Å². The van der Waals surface area contributed by atoms with Crippen molar-refractivity contribution in [3.05, 3.63) is 40.9 Å². The molecule has 0 aliphatic heterocycles. The maximum atomic E-state index is 10.9. The zero-order chi connectivity index (χ0) is 11.5. The van der Waals surface area contributed by atoms with Crippen LogP contribution >= 0.6 is 11.3 Å². The van der Waals surface area contributed by atoms with Gasteiger partial charge in [-0.2, -0.15) is 0 Å². The van der Waals surface area contributed by atoms with Gasteiger partial charge in [0.2, 0.25) is 5.91 Å². The second-order valence-corrected chi connectivity index (χ2v) is 4.62. The van der Waals surface area contributed by atoms with Crippen molar-refractivity contribution in [2.45, 2.75) is 13.3 Å². The molecule has 0 unspecified atom stereocenters. The molecule has 0 radical (unpaired) electrons. The molecule has 2 rings (SSSR count). The highest BCUT2D eigenvalue weighted by molar-refractivity contribution is 7.15. The summed E-state index contributed by atoms with van der Waals surface area (Å²) in [7, 11) is 0. The molecule has 1 aromatic carbocycles. The number of benzene rings is 1. The van der Waals surface area contributed by atoms with Gasteiger partial charge >= 0.3 is 0 Å². The van der Waals surface area contributed by atoms with E-state index in [4.69, 9.17) is 5.73 Å². The van der Waals surface area contributed by atoms with Crippen LogP contribution in [0.2, 0.25) is 0 Å². The number of aryl methyl sites for hydroxylation is 1. The first-order valence-corrected chi connectivity index (χ1v) is 5.78. The van der Waals surface area contributed by atoms with Crippen molar-refractivity contribution in [2.75, 3.05) is 0 Å². The Balaban J connectivity index is 2.34. The molecule has 2 aromatic rings. The monoisotopic (exact) mass is 232 g/mol. The molecule has 0 saturated carbocycles. The van der Waals surface area contributed by atoms with Gasteiger partial charge in [0.25, 0.3) is 0 Å². The number of hydrogen-bond donors (Lipinski definition) is 1. The molecule has 0 bridgehead atoms. The average Bonchev–Trinajstić information content (AvgIpc) is 2.61. The van der Waals surface area contributed by atoms with Crippen LogP contribution < -0.4 is 5.73 Å². The third-order valence-electron chi connectivity index (χ3n) is 2.25. The minimum Gasteiger partial charge on any atom is -0.369 e. The first-order valence-electron chi connectivity index (χ1n) is 4.97. The fourth-order valence-corrected chi connectivity index (χ4v) is 2.53. The van der Waals surface area contributed by atoms with E-state index in [0.717, 1.165) is 21.1 Å². The Labute approximate surface area is 97.9 Å². The second-order valence-electron chi connectivity index (χ2n) is 3.54. The fraction of sp³-hybridized carbons (Fsp3) is 0.167. The Hall–Kier alpha value is -1.68. The third kappa shape index (κ3) is 2.28. The Morgan fingerprint density at radius 2 is 2.06 bits per heavy atom. The molecule has 0 aliphatic rings. The topological polar surface area (TPSA) is 56.0 Å². The van der Waals surface area contributed by atoms with Gasteiger partial charge in [-0.3, -0.25) is 4.79 Å². The molecule has 0 spiro atoms. The van der Waals surface area contributed by atoms with Crippen molar-refractivity contribution in [2.24, 2.45) is 5.73 Å². The Morgan fingerprint density at radius 1 is 1.38 bits per heavy atom. The molecule has 0 atom stereocenters. The highest BCUT2D eigenvalue weighted by Gasteiger charge is 2.10. The van der Waals surface area contributed by atoms with Gasteiger partial charge in [0, 0.05) is 10.4 Å². The molecule has 0 aliphatic carbocycles. The molecule has 3 nitrogen and oxygen atoms in total. The SMILES string of the molecule is Cc1nc(-c2ccccc2)sc1CC(N)=O. The summed E-state index contributed by atoms with van der Waals surface area (Å²) in [6.07, 6.45) is 0.274. The van der Waals surface area contributed by atoms with Crippen molar-refractivity contribution in [1.29, 1.82) is 0 Å². The lowest BCUT2D eigenvalue weighted by Crippen LogP contribution is -2.13. The minimum absolute atomic E-state index is 0.274. The number of nitrogens with zero attached hydrogens (tertiary/aromatic N) is 1. The summed E-state index contributed by atoms with van der Waals surface area (Å²) in [4.78, 5) is 16.3. The van der Waals surface area contributed by atoms with Crippen molar-refractivity contribution < 1.29 is 4.79 Å². The van der Waals surface area contributed by atoms with Gasteiger partial charge in [0.1, 0.15) is 5.01 Å². The van der Waals surface area contributed by atoms with E-state index < -0.39 is 0 Å². The fourth-order valence-electron chi connectivity index (χ4n) is 1.45. The molecular formula is C12H12N2OS. The van der Waals surface area contributed by atoms with Gasteiger partial charge in [-0.25, -0.2) is 4.98 Å². The van der Waals surface area contributed by atoms with E-state index in [2.05, 4.69) is 4.98 Å². The standard InChI is InChI=1S/C12H12N2OS/c1-8-10(7-11(13)15)16-12(14-8)9-5-3-2-4-6-9/h2-6H,7H2,1H3,(H2,13,15). The number of nitrogens with two attached hydrogens (primary N) is 1. The van der Waals surface area contributed by atoms with Gasteiger partial charge in [0.05, 0.1) is 12.1 Å². The van der Waals surface area contributed by atoms with Crippen LogP contribution in [0, 0.1) is 6.92 Å². The normalized spacial score (nSPS) is 10.3. The maximum Gasteiger partial charge on any atom is 0.222 e. The highest BCUT2D eigenvalue weighted by atomic mass is 32.1. The van der Waals surface area contributed by atoms with Crippen molar-refractivity contribution >= 4 is 17.2 Å². The first kappa shape index (κ1) is 10.8. The number of rotatable bonds is 3. The first-order chi connectivity index (χ1) is 7.66. The van der Waals surface area contributed by atoms with Gasteiger partial charge < -0.3 is 5.73 Å². The zero-order valence-electron chi connectivity index (χ0n) is 8.93.